The summed E-state index contributed by atoms with van der Waals surface area (Å²) >= 11 is 12.3. The molecule has 1 amide bonds. The Labute approximate surface area is 176 Å². The van der Waals surface area contributed by atoms with E-state index in [0.29, 0.717) is 15.6 Å². The zero-order valence-corrected chi connectivity index (χ0v) is 17.3. The zero-order chi connectivity index (χ0) is 19.5. The molecular weight excluding hydrogens is 391 g/mol. The van der Waals surface area contributed by atoms with E-state index < -0.39 is 0 Å². The highest BCUT2D eigenvalue weighted by molar-refractivity contribution is 6.42. The number of likely N-dealkylation sites (tertiary alicyclic amines) is 1. The molecule has 5 heteroatoms. The minimum absolute atomic E-state index is 0.0540. The van der Waals surface area contributed by atoms with E-state index in [4.69, 9.17) is 23.2 Å². The highest BCUT2D eigenvalue weighted by Gasteiger charge is 2.32. The molecule has 3 nitrogen and oxygen atoms in total. The van der Waals surface area contributed by atoms with E-state index in [1.54, 1.807) is 12.1 Å². The van der Waals surface area contributed by atoms with Crippen LogP contribution in [0.4, 0.5) is 0 Å². The van der Waals surface area contributed by atoms with Crippen LogP contribution in [0.3, 0.4) is 0 Å². The van der Waals surface area contributed by atoms with Crippen molar-refractivity contribution >= 4 is 34.7 Å². The summed E-state index contributed by atoms with van der Waals surface area (Å²) in [6, 6.07) is 15.9. The second-order valence-electron chi connectivity index (χ2n) is 7.47. The number of hydrogen-bond donors (Lipinski definition) is 0. The summed E-state index contributed by atoms with van der Waals surface area (Å²) in [5.41, 5.74) is 2.74. The van der Waals surface area contributed by atoms with Crippen LogP contribution < -0.4 is 0 Å². The molecule has 0 spiro atoms. The Morgan fingerprint density at radius 1 is 0.929 bits per heavy atom. The molecule has 2 heterocycles. The van der Waals surface area contributed by atoms with Crippen molar-refractivity contribution in [3.63, 3.8) is 0 Å². The Balaban J connectivity index is 1.63. The smallest absolute Gasteiger partial charge is 0.254 e. The summed E-state index contributed by atoms with van der Waals surface area (Å²) in [5, 5.41) is 0.976. The van der Waals surface area contributed by atoms with Gasteiger partial charge in [-0.2, -0.15) is 0 Å². The van der Waals surface area contributed by atoms with Crippen LogP contribution in [0.2, 0.25) is 10.0 Å². The van der Waals surface area contributed by atoms with Gasteiger partial charge in [-0.15, -0.1) is 0 Å². The van der Waals surface area contributed by atoms with Gasteiger partial charge in [-0.05, 0) is 55.6 Å². The van der Waals surface area contributed by atoms with Gasteiger partial charge in [-0.1, -0.05) is 65.7 Å². The van der Waals surface area contributed by atoms with E-state index in [1.165, 1.54) is 18.4 Å². The number of nitrogens with zero attached hydrogens (tertiary/aromatic N) is 2. The van der Waals surface area contributed by atoms with Crippen LogP contribution in [0.15, 0.2) is 54.6 Å². The molecule has 2 aliphatic rings. The second-order valence-corrected chi connectivity index (χ2v) is 8.28. The predicted molar refractivity (Wildman–Crippen MR) is 116 cm³/mol. The van der Waals surface area contributed by atoms with E-state index in [1.807, 2.05) is 23.1 Å². The van der Waals surface area contributed by atoms with Crippen LogP contribution in [0.25, 0.3) is 5.57 Å². The first-order valence-corrected chi connectivity index (χ1v) is 10.6. The minimum atomic E-state index is 0.0540. The average molecular weight is 415 g/mol. The topological polar surface area (TPSA) is 23.6 Å². The van der Waals surface area contributed by atoms with Crippen molar-refractivity contribution in [3.05, 3.63) is 75.8 Å². The fraction of sp³-hybridized carbons (Fsp3) is 0.348. The van der Waals surface area contributed by atoms with Gasteiger partial charge < -0.3 is 9.80 Å². The Bertz CT molecular complexity index is 875. The van der Waals surface area contributed by atoms with Gasteiger partial charge in [0.25, 0.3) is 5.91 Å². The van der Waals surface area contributed by atoms with Crippen LogP contribution >= 0.6 is 23.2 Å². The summed E-state index contributed by atoms with van der Waals surface area (Å²) < 4.78 is 0. The second kappa shape index (κ2) is 8.69. The number of halogens is 2. The molecule has 0 unspecified atom stereocenters. The fourth-order valence-electron chi connectivity index (χ4n) is 4.16. The first-order valence-electron chi connectivity index (χ1n) is 9.87. The molecule has 1 saturated heterocycles. The normalized spacial score (nSPS) is 19.0. The van der Waals surface area contributed by atoms with Crippen molar-refractivity contribution in [3.8, 4) is 0 Å². The lowest BCUT2D eigenvalue weighted by molar-refractivity contribution is -0.128. The molecule has 0 bridgehead atoms. The first-order chi connectivity index (χ1) is 13.6. The van der Waals surface area contributed by atoms with Gasteiger partial charge in [0.05, 0.1) is 16.1 Å². The molecule has 0 aromatic heterocycles. The standard InChI is InChI=1S/C23H24Cl2N2O/c24-20-11-10-18(15-21(20)25)19-9-6-14-27(23(19)28)22(16-26-12-4-5-13-26)17-7-2-1-3-8-17/h1-3,7-11,15,22H,4-6,12-14,16H2/t22-/m1/s1. The predicted octanol–water partition coefficient (Wildman–Crippen LogP) is 5.45. The molecule has 4 rings (SSSR count). The Kier molecular flexibility index (Phi) is 6.05. The molecule has 0 saturated carbocycles. The molecule has 28 heavy (non-hydrogen) atoms. The lowest BCUT2D eigenvalue weighted by atomic mass is 9.96. The van der Waals surface area contributed by atoms with Gasteiger partial charge in [0, 0.05) is 18.7 Å². The molecule has 2 aliphatic heterocycles. The highest BCUT2D eigenvalue weighted by atomic mass is 35.5. The highest BCUT2D eigenvalue weighted by Crippen LogP contribution is 2.33. The van der Waals surface area contributed by atoms with Crippen LogP contribution in [0, 0.1) is 0 Å². The van der Waals surface area contributed by atoms with Crippen molar-refractivity contribution in [2.24, 2.45) is 0 Å². The van der Waals surface area contributed by atoms with Gasteiger partial charge in [-0.3, -0.25) is 4.79 Å². The maximum Gasteiger partial charge on any atom is 0.254 e. The van der Waals surface area contributed by atoms with E-state index in [-0.39, 0.29) is 11.9 Å². The molecule has 1 atom stereocenters. The number of amides is 1. The monoisotopic (exact) mass is 414 g/mol. The molecular formula is C23H24Cl2N2O. The molecule has 146 valence electrons. The maximum atomic E-state index is 13.5. The van der Waals surface area contributed by atoms with Gasteiger partial charge in [0.2, 0.25) is 0 Å². The Morgan fingerprint density at radius 3 is 2.39 bits per heavy atom. The lowest BCUT2D eigenvalue weighted by Crippen LogP contribution is -2.43. The number of benzene rings is 2. The molecule has 2 aromatic rings. The number of rotatable bonds is 5. The van der Waals surface area contributed by atoms with Gasteiger partial charge in [-0.25, -0.2) is 0 Å². The summed E-state index contributed by atoms with van der Waals surface area (Å²) in [5.74, 6) is 0.0673. The first kappa shape index (κ1) is 19.5. The van der Waals surface area contributed by atoms with E-state index >= 15 is 0 Å². The van der Waals surface area contributed by atoms with Crippen LogP contribution in [-0.2, 0) is 4.79 Å². The molecule has 1 fully saturated rings. The molecule has 0 N–H and O–H groups in total. The van der Waals surface area contributed by atoms with Crippen LogP contribution in [0.5, 0.6) is 0 Å². The fourth-order valence-corrected chi connectivity index (χ4v) is 4.46. The van der Waals surface area contributed by atoms with E-state index in [9.17, 15) is 4.79 Å². The van der Waals surface area contributed by atoms with Crippen LogP contribution in [0.1, 0.15) is 36.4 Å². The van der Waals surface area contributed by atoms with E-state index in [2.05, 4.69) is 29.2 Å². The largest absolute Gasteiger partial charge is 0.330 e. The van der Waals surface area contributed by atoms with Crippen molar-refractivity contribution in [2.75, 3.05) is 26.2 Å². The molecule has 2 aromatic carbocycles. The SMILES string of the molecule is O=C1C(c2ccc(Cl)c(Cl)c2)=CCCN1[C@H](CN1CCCC1)c1ccccc1. The van der Waals surface area contributed by atoms with Crippen molar-refractivity contribution in [1.29, 1.82) is 0 Å². The summed E-state index contributed by atoms with van der Waals surface area (Å²) in [6.07, 6.45) is 5.34. The number of carbonyl (C=O) groups excluding carboxylic acids is 1. The number of carbonyl (C=O) groups is 1. The summed E-state index contributed by atoms with van der Waals surface area (Å²) in [6.45, 7) is 3.84. The van der Waals surface area contributed by atoms with Crippen molar-refractivity contribution in [2.45, 2.75) is 25.3 Å². The number of hydrogen-bond acceptors (Lipinski definition) is 2. The third-order valence-corrected chi connectivity index (χ3v) is 6.37. The Morgan fingerprint density at radius 2 is 1.68 bits per heavy atom. The maximum absolute atomic E-state index is 13.5. The quantitative estimate of drug-likeness (QED) is 0.649. The summed E-state index contributed by atoms with van der Waals surface area (Å²) in [4.78, 5) is 18.0. The van der Waals surface area contributed by atoms with Gasteiger partial charge >= 0.3 is 0 Å². The third kappa shape index (κ3) is 4.12. The van der Waals surface area contributed by atoms with E-state index in [0.717, 1.165) is 38.2 Å². The van der Waals surface area contributed by atoms with Crippen molar-refractivity contribution in [1.82, 2.24) is 9.80 Å². The molecule has 0 aliphatic carbocycles. The lowest BCUT2D eigenvalue weighted by Gasteiger charge is -2.37. The minimum Gasteiger partial charge on any atom is -0.330 e. The third-order valence-electron chi connectivity index (χ3n) is 5.63. The molecule has 0 radical (unpaired) electrons. The van der Waals surface area contributed by atoms with Crippen LogP contribution in [-0.4, -0.2) is 41.9 Å². The van der Waals surface area contributed by atoms with Gasteiger partial charge in [0.15, 0.2) is 0 Å². The summed E-state index contributed by atoms with van der Waals surface area (Å²) in [7, 11) is 0. The van der Waals surface area contributed by atoms with Gasteiger partial charge in [0.1, 0.15) is 0 Å². The Hall–Kier alpha value is -1.81. The zero-order valence-electron chi connectivity index (χ0n) is 15.8. The van der Waals surface area contributed by atoms with Crippen molar-refractivity contribution < 1.29 is 4.79 Å². The average Bonchev–Trinajstić information content (AvgIpc) is 3.23.